The van der Waals surface area contributed by atoms with E-state index in [4.69, 9.17) is 5.11 Å². The number of aryl methyl sites for hydroxylation is 2. The Hall–Kier alpha value is -2.82. The van der Waals surface area contributed by atoms with Gasteiger partial charge in [0.25, 0.3) is 0 Å². The Morgan fingerprint density at radius 1 is 0.913 bits per heavy atom. The van der Waals surface area contributed by atoms with E-state index in [2.05, 4.69) is 10.6 Å². The van der Waals surface area contributed by atoms with Gasteiger partial charge in [-0.25, -0.2) is 9.59 Å². The summed E-state index contributed by atoms with van der Waals surface area (Å²) in [4.78, 5) is 23.5. The Labute approximate surface area is 135 Å². The van der Waals surface area contributed by atoms with Crippen LogP contribution in [0.4, 0.5) is 16.2 Å². The minimum atomic E-state index is -1.08. The third kappa shape index (κ3) is 3.88. The van der Waals surface area contributed by atoms with Crippen molar-refractivity contribution in [2.24, 2.45) is 0 Å². The van der Waals surface area contributed by atoms with Crippen LogP contribution < -0.4 is 10.6 Å². The Kier molecular flexibility index (Phi) is 5.36. The SMILES string of the molecule is CCc1cccc(CC)c1NC(=O)Nc1ccccc1C(=O)O. The molecule has 2 aromatic rings. The predicted molar refractivity (Wildman–Crippen MR) is 91.2 cm³/mol. The van der Waals surface area contributed by atoms with Gasteiger partial charge in [-0.15, -0.1) is 0 Å². The van der Waals surface area contributed by atoms with Gasteiger partial charge in [-0.3, -0.25) is 0 Å². The van der Waals surface area contributed by atoms with E-state index in [1.165, 1.54) is 6.07 Å². The molecular formula is C18H20N2O3. The summed E-state index contributed by atoms with van der Waals surface area (Å²) in [6.45, 7) is 4.05. The molecule has 0 aromatic heterocycles. The Balaban J connectivity index is 2.23. The first-order valence-corrected chi connectivity index (χ1v) is 7.57. The maximum atomic E-state index is 12.3. The fourth-order valence-electron chi connectivity index (χ4n) is 2.45. The molecule has 120 valence electrons. The Bertz CT molecular complexity index is 704. The number of carboxylic acid groups (broad SMARTS) is 1. The van der Waals surface area contributed by atoms with Gasteiger partial charge in [0, 0.05) is 5.69 Å². The van der Waals surface area contributed by atoms with Gasteiger partial charge in [-0.1, -0.05) is 44.2 Å². The standard InChI is InChI=1S/C18H20N2O3/c1-3-12-8-7-9-13(4-2)16(12)20-18(23)19-15-11-6-5-10-14(15)17(21)22/h5-11H,3-4H2,1-2H3,(H,21,22)(H2,19,20,23). The first-order valence-electron chi connectivity index (χ1n) is 7.57. The number of nitrogens with one attached hydrogen (secondary N) is 2. The first-order chi connectivity index (χ1) is 11.1. The lowest BCUT2D eigenvalue weighted by atomic mass is 10.0. The molecule has 5 nitrogen and oxygen atoms in total. The number of carboxylic acids is 1. The maximum Gasteiger partial charge on any atom is 0.337 e. The van der Waals surface area contributed by atoms with E-state index in [-0.39, 0.29) is 11.3 Å². The van der Waals surface area contributed by atoms with Crippen LogP contribution in [0.25, 0.3) is 0 Å². The molecule has 0 aliphatic heterocycles. The lowest BCUT2D eigenvalue weighted by Gasteiger charge is -2.15. The summed E-state index contributed by atoms with van der Waals surface area (Å²) >= 11 is 0. The molecular weight excluding hydrogens is 292 g/mol. The van der Waals surface area contributed by atoms with Gasteiger partial charge in [0.2, 0.25) is 0 Å². The molecule has 2 rings (SSSR count). The minimum absolute atomic E-state index is 0.0575. The third-order valence-electron chi connectivity index (χ3n) is 3.64. The molecule has 0 radical (unpaired) electrons. The van der Waals surface area contributed by atoms with Crippen molar-refractivity contribution in [3.8, 4) is 0 Å². The van der Waals surface area contributed by atoms with E-state index in [0.717, 1.165) is 29.7 Å². The number of benzene rings is 2. The number of hydrogen-bond donors (Lipinski definition) is 3. The molecule has 0 heterocycles. The van der Waals surface area contributed by atoms with Crippen molar-refractivity contribution >= 4 is 23.4 Å². The molecule has 0 atom stereocenters. The van der Waals surface area contributed by atoms with Crippen molar-refractivity contribution in [3.05, 3.63) is 59.2 Å². The Morgan fingerprint density at radius 3 is 2.09 bits per heavy atom. The molecule has 2 aromatic carbocycles. The highest BCUT2D eigenvalue weighted by atomic mass is 16.4. The zero-order valence-corrected chi connectivity index (χ0v) is 13.2. The van der Waals surface area contributed by atoms with Gasteiger partial charge in [0.05, 0.1) is 11.3 Å². The normalized spacial score (nSPS) is 10.2. The summed E-state index contributed by atoms with van der Waals surface area (Å²) < 4.78 is 0. The van der Waals surface area contributed by atoms with E-state index in [1.807, 2.05) is 32.0 Å². The summed E-state index contributed by atoms with van der Waals surface area (Å²) in [5.74, 6) is -1.08. The number of anilines is 2. The lowest BCUT2D eigenvalue weighted by molar-refractivity contribution is 0.0698. The van der Waals surface area contributed by atoms with Crippen molar-refractivity contribution in [2.45, 2.75) is 26.7 Å². The molecule has 2 amide bonds. The van der Waals surface area contributed by atoms with E-state index in [1.54, 1.807) is 18.2 Å². The summed E-state index contributed by atoms with van der Waals surface area (Å²) in [5, 5.41) is 14.6. The summed E-state index contributed by atoms with van der Waals surface area (Å²) in [6, 6.07) is 11.8. The highest BCUT2D eigenvalue weighted by Crippen LogP contribution is 2.23. The van der Waals surface area contributed by atoms with E-state index >= 15 is 0 Å². The fraction of sp³-hybridized carbons (Fsp3) is 0.222. The van der Waals surface area contributed by atoms with Crippen LogP contribution in [0.1, 0.15) is 35.3 Å². The number of para-hydroxylation sites is 2. The van der Waals surface area contributed by atoms with Gasteiger partial charge in [-0.2, -0.15) is 0 Å². The monoisotopic (exact) mass is 312 g/mol. The summed E-state index contributed by atoms with van der Waals surface area (Å²) in [7, 11) is 0. The molecule has 0 bridgehead atoms. The van der Waals surface area contributed by atoms with Crippen molar-refractivity contribution in [3.63, 3.8) is 0 Å². The highest BCUT2D eigenvalue weighted by Gasteiger charge is 2.14. The topological polar surface area (TPSA) is 78.4 Å². The summed E-state index contributed by atoms with van der Waals surface area (Å²) in [6.07, 6.45) is 1.60. The number of carbonyl (C=O) groups is 2. The number of amides is 2. The molecule has 0 saturated carbocycles. The van der Waals surface area contributed by atoms with Crippen molar-refractivity contribution in [2.75, 3.05) is 10.6 Å². The molecule has 0 fully saturated rings. The molecule has 5 heteroatoms. The zero-order chi connectivity index (χ0) is 16.8. The average molecular weight is 312 g/mol. The second-order valence-corrected chi connectivity index (χ2v) is 5.09. The van der Waals surface area contributed by atoms with Crippen LogP contribution in [0.5, 0.6) is 0 Å². The first kappa shape index (κ1) is 16.5. The molecule has 0 spiro atoms. The van der Waals surface area contributed by atoms with Gasteiger partial charge in [0.1, 0.15) is 0 Å². The van der Waals surface area contributed by atoms with E-state index in [9.17, 15) is 9.59 Å². The van der Waals surface area contributed by atoms with Crippen LogP contribution in [0.2, 0.25) is 0 Å². The number of urea groups is 1. The molecule has 3 N–H and O–H groups in total. The smallest absolute Gasteiger partial charge is 0.337 e. The van der Waals surface area contributed by atoms with Gasteiger partial charge < -0.3 is 15.7 Å². The quantitative estimate of drug-likeness (QED) is 0.776. The lowest BCUT2D eigenvalue weighted by Crippen LogP contribution is -2.22. The van der Waals surface area contributed by atoms with Crippen LogP contribution in [0.15, 0.2) is 42.5 Å². The highest BCUT2D eigenvalue weighted by molar-refractivity contribution is 6.05. The van der Waals surface area contributed by atoms with Crippen molar-refractivity contribution in [1.82, 2.24) is 0 Å². The zero-order valence-electron chi connectivity index (χ0n) is 13.2. The molecule has 0 saturated heterocycles. The molecule has 0 aliphatic carbocycles. The predicted octanol–water partition coefficient (Wildman–Crippen LogP) is 4.15. The maximum absolute atomic E-state index is 12.3. The second-order valence-electron chi connectivity index (χ2n) is 5.09. The van der Waals surface area contributed by atoms with Gasteiger partial charge in [-0.05, 0) is 36.1 Å². The largest absolute Gasteiger partial charge is 0.478 e. The summed E-state index contributed by atoms with van der Waals surface area (Å²) in [5.41, 5.74) is 3.21. The number of carbonyl (C=O) groups excluding carboxylic acids is 1. The van der Waals surface area contributed by atoms with E-state index in [0.29, 0.717) is 0 Å². The van der Waals surface area contributed by atoms with Crippen molar-refractivity contribution < 1.29 is 14.7 Å². The number of aromatic carboxylic acids is 1. The van der Waals surface area contributed by atoms with Crippen LogP contribution in [-0.2, 0) is 12.8 Å². The van der Waals surface area contributed by atoms with Gasteiger partial charge in [0.15, 0.2) is 0 Å². The van der Waals surface area contributed by atoms with Crippen LogP contribution >= 0.6 is 0 Å². The molecule has 23 heavy (non-hydrogen) atoms. The molecule has 0 aliphatic rings. The second kappa shape index (κ2) is 7.45. The van der Waals surface area contributed by atoms with Crippen LogP contribution in [-0.4, -0.2) is 17.1 Å². The van der Waals surface area contributed by atoms with Gasteiger partial charge >= 0.3 is 12.0 Å². The number of rotatable bonds is 5. The Morgan fingerprint density at radius 2 is 1.52 bits per heavy atom. The third-order valence-corrected chi connectivity index (χ3v) is 3.64. The van der Waals surface area contributed by atoms with Crippen LogP contribution in [0.3, 0.4) is 0 Å². The fourth-order valence-corrected chi connectivity index (χ4v) is 2.45. The number of hydrogen-bond acceptors (Lipinski definition) is 2. The van der Waals surface area contributed by atoms with E-state index < -0.39 is 12.0 Å². The minimum Gasteiger partial charge on any atom is -0.478 e. The average Bonchev–Trinajstić information content (AvgIpc) is 2.55. The van der Waals surface area contributed by atoms with Crippen LogP contribution in [0, 0.1) is 0 Å². The molecule has 0 unspecified atom stereocenters. The van der Waals surface area contributed by atoms with Crippen molar-refractivity contribution in [1.29, 1.82) is 0 Å².